The molecule has 2 unspecified atom stereocenters. The number of nitrogens with zero attached hydrogens (tertiary/aromatic N) is 1. The summed E-state index contributed by atoms with van der Waals surface area (Å²) in [4.78, 5) is 15.3. The van der Waals surface area contributed by atoms with Crippen LogP contribution < -0.4 is 5.32 Å². The van der Waals surface area contributed by atoms with Gasteiger partial charge in [0.1, 0.15) is 0 Å². The molecule has 0 aromatic carbocycles. The number of carbonyl (C=O) groups excluding carboxylic acids is 1. The van der Waals surface area contributed by atoms with E-state index in [9.17, 15) is 4.79 Å². The molecule has 28 heavy (non-hydrogen) atoms. The summed E-state index contributed by atoms with van der Waals surface area (Å²) in [7, 11) is 0. The van der Waals surface area contributed by atoms with Crippen LogP contribution in [0, 0.1) is 23.7 Å². The van der Waals surface area contributed by atoms with Crippen LogP contribution in [0.5, 0.6) is 0 Å². The molecule has 0 spiro atoms. The average Bonchev–Trinajstić information content (AvgIpc) is 2.70. The third-order valence-electron chi connectivity index (χ3n) is 6.94. The van der Waals surface area contributed by atoms with Gasteiger partial charge in [-0.2, -0.15) is 0 Å². The van der Waals surface area contributed by atoms with Crippen LogP contribution in [0.15, 0.2) is 22.2 Å². The van der Waals surface area contributed by atoms with Crippen LogP contribution in [0.1, 0.15) is 65.2 Å². The Kier molecular flexibility index (Phi) is 8.32. The van der Waals surface area contributed by atoms with E-state index >= 15 is 0 Å². The summed E-state index contributed by atoms with van der Waals surface area (Å²) in [5.41, 5.74) is 0. The minimum atomic E-state index is -0.0747. The molecule has 2 aliphatic carbocycles. The van der Waals surface area contributed by atoms with Crippen molar-refractivity contribution in [2.24, 2.45) is 23.7 Å². The largest absolute Gasteiger partial charge is 0.341 e. The summed E-state index contributed by atoms with van der Waals surface area (Å²) < 4.78 is 0. The van der Waals surface area contributed by atoms with Gasteiger partial charge in [-0.3, -0.25) is 4.79 Å². The molecule has 3 aliphatic rings. The second-order valence-corrected chi connectivity index (χ2v) is 10.2. The molecular formula is C23H36Cl2N2O. The highest BCUT2D eigenvalue weighted by atomic mass is 35.5. The van der Waals surface area contributed by atoms with Crippen molar-refractivity contribution in [3.05, 3.63) is 22.2 Å². The summed E-state index contributed by atoms with van der Waals surface area (Å²) >= 11 is 12.2. The van der Waals surface area contributed by atoms with E-state index in [2.05, 4.69) is 36.2 Å². The van der Waals surface area contributed by atoms with Crippen LogP contribution in [-0.4, -0.2) is 36.5 Å². The Balaban J connectivity index is 1.47. The van der Waals surface area contributed by atoms with E-state index < -0.39 is 0 Å². The molecule has 1 fully saturated rings. The molecule has 0 saturated carbocycles. The van der Waals surface area contributed by atoms with E-state index in [0.29, 0.717) is 17.7 Å². The van der Waals surface area contributed by atoms with E-state index in [1.54, 1.807) is 0 Å². The maximum absolute atomic E-state index is 13.2. The number of piperidine rings is 1. The summed E-state index contributed by atoms with van der Waals surface area (Å²) in [6, 6.07) is -0.0747. The lowest BCUT2D eigenvalue weighted by Gasteiger charge is -2.39. The third kappa shape index (κ3) is 6.00. The van der Waals surface area contributed by atoms with Crippen molar-refractivity contribution in [1.82, 2.24) is 10.2 Å². The summed E-state index contributed by atoms with van der Waals surface area (Å²) in [6.45, 7) is 7.02. The molecule has 0 radical (unpaired) electrons. The fourth-order valence-corrected chi connectivity index (χ4v) is 5.38. The van der Waals surface area contributed by atoms with Gasteiger partial charge in [-0.25, -0.2) is 0 Å². The second-order valence-electron chi connectivity index (χ2n) is 9.27. The molecule has 0 aromatic heterocycles. The van der Waals surface area contributed by atoms with Crippen molar-refractivity contribution in [3.63, 3.8) is 0 Å². The lowest BCUT2D eigenvalue weighted by molar-refractivity contribution is -0.136. The Morgan fingerprint density at radius 2 is 1.68 bits per heavy atom. The van der Waals surface area contributed by atoms with Gasteiger partial charge in [0.15, 0.2) is 0 Å². The van der Waals surface area contributed by atoms with Gasteiger partial charge in [0.25, 0.3) is 0 Å². The lowest BCUT2D eigenvalue weighted by Crippen LogP contribution is -2.52. The molecule has 1 N–H and O–H groups in total. The van der Waals surface area contributed by atoms with Gasteiger partial charge in [0, 0.05) is 23.2 Å². The number of hydrogen-bond donors (Lipinski definition) is 1. The van der Waals surface area contributed by atoms with E-state index in [4.69, 9.17) is 23.2 Å². The molecule has 3 nitrogen and oxygen atoms in total. The number of nitrogens with one attached hydrogen (secondary N) is 1. The van der Waals surface area contributed by atoms with Crippen molar-refractivity contribution in [3.8, 4) is 0 Å². The highest BCUT2D eigenvalue weighted by Crippen LogP contribution is 2.36. The zero-order chi connectivity index (χ0) is 20.1. The molecule has 1 aliphatic heterocycles. The molecule has 0 bridgehead atoms. The molecule has 0 aromatic rings. The molecule has 5 heteroatoms. The van der Waals surface area contributed by atoms with Gasteiger partial charge in [-0.05, 0) is 81.6 Å². The maximum Gasteiger partial charge on any atom is 0.239 e. The summed E-state index contributed by atoms with van der Waals surface area (Å²) in [6.07, 6.45) is 13.1. The maximum atomic E-state index is 13.2. The van der Waals surface area contributed by atoms with Gasteiger partial charge in [0.05, 0.1) is 6.04 Å². The smallest absolute Gasteiger partial charge is 0.239 e. The molecule has 3 rings (SSSR count). The number of likely N-dealkylation sites (tertiary alicyclic amines) is 1. The molecule has 1 amide bonds. The Morgan fingerprint density at radius 3 is 2.21 bits per heavy atom. The number of allylic oxidation sites excluding steroid dienone is 4. The Labute approximate surface area is 180 Å². The van der Waals surface area contributed by atoms with Crippen LogP contribution in [0.3, 0.4) is 0 Å². The van der Waals surface area contributed by atoms with E-state index in [1.165, 1.54) is 6.42 Å². The van der Waals surface area contributed by atoms with Crippen molar-refractivity contribution < 1.29 is 4.79 Å². The summed E-state index contributed by atoms with van der Waals surface area (Å²) in [5, 5.41) is 5.62. The van der Waals surface area contributed by atoms with Gasteiger partial charge < -0.3 is 10.2 Å². The van der Waals surface area contributed by atoms with Crippen LogP contribution in [0.25, 0.3) is 0 Å². The predicted octanol–water partition coefficient (Wildman–Crippen LogP) is 5.68. The third-order valence-corrected chi connectivity index (χ3v) is 7.62. The predicted molar refractivity (Wildman–Crippen MR) is 118 cm³/mol. The first-order valence-electron chi connectivity index (χ1n) is 11.1. The first-order valence-corrected chi connectivity index (χ1v) is 11.9. The molecule has 3 atom stereocenters. The van der Waals surface area contributed by atoms with Crippen LogP contribution in [0.2, 0.25) is 0 Å². The number of halogens is 2. The lowest BCUT2D eigenvalue weighted by atomic mass is 9.78. The Hall–Kier alpha value is -0.510. The minimum absolute atomic E-state index is 0.0747. The highest BCUT2D eigenvalue weighted by Gasteiger charge is 2.33. The molecular weight excluding hydrogens is 391 g/mol. The number of amides is 1. The first kappa shape index (κ1) is 22.2. The van der Waals surface area contributed by atoms with Crippen molar-refractivity contribution >= 4 is 29.1 Å². The standard InChI is InChI=1S/C23H36Cl2N2O/c1-16(2)22(26-15-17-3-7-20(24)8-4-17)23(28)27-13-11-19(12-14-27)18-5-9-21(25)10-6-18/h7,9,16-19,22,26H,3-6,8,10-15H2,1-2H3/t17?,18?,22-/m1/s1. The van der Waals surface area contributed by atoms with Crippen molar-refractivity contribution in [1.29, 1.82) is 0 Å². The fraction of sp³-hybridized carbons (Fsp3) is 0.783. The van der Waals surface area contributed by atoms with Crippen LogP contribution in [-0.2, 0) is 4.79 Å². The van der Waals surface area contributed by atoms with Gasteiger partial charge in [-0.15, -0.1) is 0 Å². The normalized spacial score (nSPS) is 28.1. The number of rotatable bonds is 6. The number of hydrogen-bond acceptors (Lipinski definition) is 2. The zero-order valence-corrected chi connectivity index (χ0v) is 18.9. The van der Waals surface area contributed by atoms with Crippen molar-refractivity contribution in [2.45, 2.75) is 71.3 Å². The zero-order valence-electron chi connectivity index (χ0n) is 17.4. The Bertz CT molecular complexity index is 593. The molecule has 1 heterocycles. The van der Waals surface area contributed by atoms with E-state index in [0.717, 1.165) is 86.5 Å². The quantitative estimate of drug-likeness (QED) is 0.591. The Morgan fingerprint density at radius 1 is 1.04 bits per heavy atom. The molecule has 158 valence electrons. The average molecular weight is 427 g/mol. The number of carbonyl (C=O) groups is 1. The topological polar surface area (TPSA) is 32.3 Å². The van der Waals surface area contributed by atoms with Gasteiger partial charge in [-0.1, -0.05) is 49.2 Å². The highest BCUT2D eigenvalue weighted by molar-refractivity contribution is 6.29. The van der Waals surface area contributed by atoms with Crippen molar-refractivity contribution in [2.75, 3.05) is 19.6 Å². The second kappa shape index (κ2) is 10.5. The summed E-state index contributed by atoms with van der Waals surface area (Å²) in [5.74, 6) is 2.69. The van der Waals surface area contributed by atoms with Gasteiger partial charge in [0.2, 0.25) is 5.91 Å². The van der Waals surface area contributed by atoms with E-state index in [1.807, 2.05) is 0 Å². The minimum Gasteiger partial charge on any atom is -0.341 e. The monoisotopic (exact) mass is 426 g/mol. The molecule has 1 saturated heterocycles. The van der Waals surface area contributed by atoms with Crippen LogP contribution >= 0.6 is 23.2 Å². The van der Waals surface area contributed by atoms with Crippen LogP contribution in [0.4, 0.5) is 0 Å². The van der Waals surface area contributed by atoms with E-state index in [-0.39, 0.29) is 6.04 Å². The SMILES string of the molecule is CC(C)[C@@H](NCC1CC=C(Cl)CC1)C(=O)N1CCC(C2CC=C(Cl)CC2)CC1. The first-order chi connectivity index (χ1) is 13.4. The van der Waals surface area contributed by atoms with Gasteiger partial charge >= 0.3 is 0 Å². The fourth-order valence-electron chi connectivity index (χ4n) is 4.98.